The van der Waals surface area contributed by atoms with Gasteiger partial charge >= 0.3 is 0 Å². The molecule has 0 radical (unpaired) electrons. The molecule has 1 saturated heterocycles. The van der Waals surface area contributed by atoms with Crippen LogP contribution in [0.4, 0.5) is 0 Å². The lowest BCUT2D eigenvalue weighted by molar-refractivity contribution is -0.142. The van der Waals surface area contributed by atoms with E-state index in [4.69, 9.17) is 9.47 Å². The summed E-state index contributed by atoms with van der Waals surface area (Å²) < 4.78 is 11.3. The van der Waals surface area contributed by atoms with Gasteiger partial charge in [0, 0.05) is 32.9 Å². The fourth-order valence-corrected chi connectivity index (χ4v) is 4.95. The van der Waals surface area contributed by atoms with Crippen molar-refractivity contribution < 1.29 is 23.9 Å². The van der Waals surface area contributed by atoms with Crippen LogP contribution in [0.1, 0.15) is 44.2 Å². The van der Waals surface area contributed by atoms with Crippen molar-refractivity contribution in [2.75, 3.05) is 27.2 Å². The van der Waals surface area contributed by atoms with Gasteiger partial charge in [-0.15, -0.1) is 0 Å². The fraction of sp³-hybridized carbons (Fsp3) is 0.464. The first-order valence-corrected chi connectivity index (χ1v) is 12.2. The third kappa shape index (κ3) is 5.04. The second kappa shape index (κ2) is 10.1. The van der Waals surface area contributed by atoms with E-state index >= 15 is 0 Å². The Hall–Kier alpha value is -3.35. The zero-order chi connectivity index (χ0) is 25.2. The smallest absolute Gasteiger partial charge is 0.240 e. The van der Waals surface area contributed by atoms with E-state index in [2.05, 4.69) is 13.8 Å². The average molecular weight is 479 g/mol. The molecule has 2 aromatic carbocycles. The van der Waals surface area contributed by atoms with Crippen LogP contribution in [-0.4, -0.2) is 60.9 Å². The lowest BCUT2D eigenvalue weighted by Crippen LogP contribution is -2.44. The Morgan fingerprint density at radius 1 is 1.17 bits per heavy atom. The minimum absolute atomic E-state index is 0.0127. The number of benzene rings is 2. The number of methoxy groups -OCH3 is 1. The maximum absolute atomic E-state index is 13.7. The number of hydrogen-bond acceptors (Lipinski definition) is 5. The number of likely N-dealkylation sites (tertiary alicyclic amines) is 1. The van der Waals surface area contributed by atoms with Gasteiger partial charge in [-0.05, 0) is 41.7 Å². The van der Waals surface area contributed by atoms with E-state index in [0.29, 0.717) is 30.3 Å². The summed E-state index contributed by atoms with van der Waals surface area (Å²) in [7, 11) is 3.30. The van der Waals surface area contributed by atoms with Crippen molar-refractivity contribution in [1.82, 2.24) is 9.80 Å². The molecule has 2 heterocycles. The van der Waals surface area contributed by atoms with Crippen LogP contribution in [0, 0.1) is 5.92 Å². The molecule has 2 atom stereocenters. The van der Waals surface area contributed by atoms with E-state index in [1.807, 2.05) is 24.3 Å². The number of imide groups is 1. The number of carbonyl (C=O) groups excluding carboxylic acids is 3. The summed E-state index contributed by atoms with van der Waals surface area (Å²) in [6, 6.07) is 15.0. The highest BCUT2D eigenvalue weighted by Crippen LogP contribution is 2.41. The second-order valence-electron chi connectivity index (χ2n) is 10.0. The molecule has 0 N–H and O–H groups in total. The van der Waals surface area contributed by atoms with Crippen LogP contribution in [-0.2, 0) is 26.2 Å². The number of para-hydroxylation sites is 1. The standard InChI is InChI=1S/C28H34N2O5/c1-19(2)13-14-30-26(32)17-28(27(30)33,21-9-11-22(34-4)12-10-21)16-25(31)29(3)18-23-15-20-7-5-6-8-24(20)35-23/h5-12,19,23H,13-18H2,1-4H3/t23-,28-/m0/s1. The van der Waals surface area contributed by atoms with Gasteiger partial charge in [0.1, 0.15) is 17.6 Å². The molecule has 7 heteroatoms. The quantitative estimate of drug-likeness (QED) is 0.515. The van der Waals surface area contributed by atoms with Crippen LogP contribution < -0.4 is 9.47 Å². The molecule has 2 aliphatic heterocycles. The van der Waals surface area contributed by atoms with Crippen molar-refractivity contribution in [2.45, 2.75) is 51.0 Å². The van der Waals surface area contributed by atoms with Gasteiger partial charge in [0.2, 0.25) is 17.7 Å². The summed E-state index contributed by atoms with van der Waals surface area (Å²) in [5.41, 5.74) is 0.575. The zero-order valence-electron chi connectivity index (χ0n) is 21.0. The van der Waals surface area contributed by atoms with Crippen molar-refractivity contribution in [2.24, 2.45) is 5.92 Å². The molecular formula is C28H34N2O5. The molecule has 35 heavy (non-hydrogen) atoms. The number of fused-ring (bicyclic) bond motifs is 1. The Balaban J connectivity index is 1.54. The molecule has 0 bridgehead atoms. The summed E-state index contributed by atoms with van der Waals surface area (Å²) in [6.45, 7) is 4.89. The fourth-order valence-electron chi connectivity index (χ4n) is 4.95. The summed E-state index contributed by atoms with van der Waals surface area (Å²) in [5.74, 6) is 1.15. The van der Waals surface area contributed by atoms with Crippen LogP contribution in [0.25, 0.3) is 0 Å². The van der Waals surface area contributed by atoms with E-state index in [-0.39, 0.29) is 36.7 Å². The van der Waals surface area contributed by atoms with Gasteiger partial charge < -0.3 is 14.4 Å². The predicted octanol–water partition coefficient (Wildman–Crippen LogP) is 3.59. The van der Waals surface area contributed by atoms with Crippen molar-refractivity contribution in [3.8, 4) is 11.5 Å². The Morgan fingerprint density at radius 2 is 1.89 bits per heavy atom. The molecule has 0 saturated carbocycles. The summed E-state index contributed by atoms with van der Waals surface area (Å²) >= 11 is 0. The molecule has 2 aromatic rings. The number of likely N-dealkylation sites (N-methyl/N-ethyl adjacent to an activating group) is 1. The van der Waals surface area contributed by atoms with Crippen LogP contribution >= 0.6 is 0 Å². The van der Waals surface area contributed by atoms with Crippen molar-refractivity contribution >= 4 is 17.7 Å². The molecule has 2 aliphatic rings. The van der Waals surface area contributed by atoms with E-state index in [0.717, 1.165) is 24.2 Å². The van der Waals surface area contributed by atoms with Crippen LogP contribution in [0.5, 0.6) is 11.5 Å². The third-order valence-electron chi connectivity index (χ3n) is 7.05. The van der Waals surface area contributed by atoms with E-state index in [1.165, 1.54) is 4.90 Å². The Bertz CT molecular complexity index is 1070. The molecule has 186 valence electrons. The number of amides is 3. The molecule has 7 nitrogen and oxygen atoms in total. The third-order valence-corrected chi connectivity index (χ3v) is 7.05. The van der Waals surface area contributed by atoms with Crippen molar-refractivity contribution in [1.29, 1.82) is 0 Å². The maximum atomic E-state index is 13.7. The maximum Gasteiger partial charge on any atom is 0.240 e. The van der Waals surface area contributed by atoms with E-state index in [9.17, 15) is 14.4 Å². The monoisotopic (exact) mass is 478 g/mol. The highest BCUT2D eigenvalue weighted by molar-refractivity contribution is 6.10. The number of nitrogens with zero attached hydrogens (tertiary/aromatic N) is 2. The van der Waals surface area contributed by atoms with Crippen molar-refractivity contribution in [3.05, 3.63) is 59.7 Å². The molecular weight excluding hydrogens is 444 g/mol. The minimum atomic E-state index is -1.22. The van der Waals surface area contributed by atoms with E-state index < -0.39 is 5.41 Å². The normalized spacial score (nSPS) is 21.3. The summed E-state index contributed by atoms with van der Waals surface area (Å²) in [6.07, 6.45) is 1.24. The minimum Gasteiger partial charge on any atom is -0.497 e. The van der Waals surface area contributed by atoms with Gasteiger partial charge in [-0.1, -0.05) is 44.2 Å². The predicted molar refractivity (Wildman–Crippen MR) is 132 cm³/mol. The van der Waals surface area contributed by atoms with E-state index in [1.54, 1.807) is 43.3 Å². The number of hydrogen-bond donors (Lipinski definition) is 0. The topological polar surface area (TPSA) is 76.2 Å². The van der Waals surface area contributed by atoms with Crippen LogP contribution in [0.15, 0.2) is 48.5 Å². The van der Waals surface area contributed by atoms with Gasteiger partial charge in [-0.3, -0.25) is 19.3 Å². The first-order valence-electron chi connectivity index (χ1n) is 12.2. The lowest BCUT2D eigenvalue weighted by Gasteiger charge is -2.30. The van der Waals surface area contributed by atoms with Gasteiger partial charge in [-0.2, -0.15) is 0 Å². The first kappa shape index (κ1) is 24.8. The molecule has 4 rings (SSSR count). The second-order valence-corrected chi connectivity index (χ2v) is 10.0. The molecule has 0 spiro atoms. The van der Waals surface area contributed by atoms with Gasteiger partial charge in [0.05, 0.1) is 19.1 Å². The Morgan fingerprint density at radius 3 is 2.54 bits per heavy atom. The number of ether oxygens (including phenoxy) is 2. The highest BCUT2D eigenvalue weighted by atomic mass is 16.5. The molecule has 0 aliphatic carbocycles. The van der Waals surface area contributed by atoms with Gasteiger partial charge in [0.25, 0.3) is 0 Å². The lowest BCUT2D eigenvalue weighted by atomic mass is 9.75. The summed E-state index contributed by atoms with van der Waals surface area (Å²) in [4.78, 5) is 43.1. The molecule has 0 unspecified atom stereocenters. The Kier molecular flexibility index (Phi) is 7.15. The van der Waals surface area contributed by atoms with Crippen LogP contribution in [0.3, 0.4) is 0 Å². The molecule has 1 fully saturated rings. The molecule has 3 amide bonds. The number of carbonyl (C=O) groups is 3. The first-order chi connectivity index (χ1) is 16.7. The SMILES string of the molecule is COc1ccc([C@]2(CC(=O)N(C)C[C@@H]3Cc4ccccc4O3)CC(=O)N(CCC(C)C)C2=O)cc1. The average Bonchev–Trinajstić information content (AvgIpc) is 3.35. The van der Waals surface area contributed by atoms with Gasteiger partial charge in [-0.25, -0.2) is 0 Å². The molecule has 0 aromatic heterocycles. The van der Waals surface area contributed by atoms with Gasteiger partial charge in [0.15, 0.2) is 0 Å². The zero-order valence-corrected chi connectivity index (χ0v) is 21.0. The summed E-state index contributed by atoms with van der Waals surface area (Å²) in [5, 5.41) is 0. The Labute approximate surface area is 207 Å². The number of rotatable bonds is 9. The largest absolute Gasteiger partial charge is 0.497 e. The highest BCUT2D eigenvalue weighted by Gasteiger charge is 2.53. The van der Waals surface area contributed by atoms with Crippen LogP contribution in [0.2, 0.25) is 0 Å². The van der Waals surface area contributed by atoms with Crippen molar-refractivity contribution in [3.63, 3.8) is 0 Å².